The molecule has 3 aromatic carbocycles. The third-order valence-electron chi connectivity index (χ3n) is 30.5. The van der Waals surface area contributed by atoms with Crippen LogP contribution in [-0.4, -0.2) is 193 Å². The zero-order valence-corrected chi connectivity index (χ0v) is 79.7. The second-order valence-corrected chi connectivity index (χ2v) is 42.7. The minimum Gasteiger partial charge on any atom is -0.444 e. The maximum absolute atomic E-state index is 13.1. The molecule has 3 saturated carbocycles. The maximum atomic E-state index is 13.1. The third-order valence-corrected chi connectivity index (χ3v) is 31.0. The summed E-state index contributed by atoms with van der Waals surface area (Å²) in [6.07, 6.45) is 32.4. The topological polar surface area (TPSA) is 306 Å². The van der Waals surface area contributed by atoms with Crippen molar-refractivity contribution >= 4 is 105 Å². The van der Waals surface area contributed by atoms with Crippen molar-refractivity contribution in [1.29, 1.82) is 0 Å². The first-order chi connectivity index (χ1) is 62.5. The van der Waals surface area contributed by atoms with E-state index in [9.17, 15) is 9.59 Å². The molecule has 5 aromatic heterocycles. The molecular formula is C99H135BBrClN20O8. The molecule has 6 aliphatic carbocycles. The minimum absolute atomic E-state index is 0. The Morgan fingerprint density at radius 3 is 1.29 bits per heavy atom. The average molecular weight is 1860 g/mol. The first-order valence-electron chi connectivity index (χ1n) is 49.3. The van der Waals surface area contributed by atoms with Crippen LogP contribution in [0.4, 0.5) is 38.7 Å². The van der Waals surface area contributed by atoms with Gasteiger partial charge < -0.3 is 74.8 Å². The number of amides is 2. The lowest BCUT2D eigenvalue weighted by Gasteiger charge is -2.44. The van der Waals surface area contributed by atoms with Gasteiger partial charge in [-0.3, -0.25) is 4.99 Å². The number of anilines is 5. The molecule has 8 saturated heterocycles. The highest BCUT2D eigenvalue weighted by molar-refractivity contribution is 9.10. The molecule has 14 heterocycles. The van der Waals surface area contributed by atoms with Crippen molar-refractivity contribution in [2.45, 2.75) is 300 Å². The average Bonchev–Trinajstić information content (AvgIpc) is 1.58. The van der Waals surface area contributed by atoms with Gasteiger partial charge in [0.15, 0.2) is 69.7 Å². The number of benzene rings is 3. The van der Waals surface area contributed by atoms with E-state index in [2.05, 4.69) is 133 Å². The van der Waals surface area contributed by atoms with Gasteiger partial charge in [0.1, 0.15) is 21.5 Å². The van der Waals surface area contributed by atoms with Crippen LogP contribution in [0, 0.1) is 16.2 Å². The molecule has 31 heteroatoms. The predicted octanol–water partition coefficient (Wildman–Crippen LogP) is 17.5. The summed E-state index contributed by atoms with van der Waals surface area (Å²) in [5.41, 5.74) is 21.7. The van der Waals surface area contributed by atoms with Gasteiger partial charge in [0.2, 0.25) is 0 Å². The number of carbonyl (C=O) groups is 2. The van der Waals surface area contributed by atoms with E-state index >= 15 is 0 Å². The number of hydrogen-bond acceptors (Lipinski definition) is 24. The Hall–Kier alpha value is -8.52. The van der Waals surface area contributed by atoms with Crippen LogP contribution in [0.25, 0.3) is 22.3 Å². The lowest BCUT2D eigenvalue weighted by molar-refractivity contribution is -0.0370. The molecular weight excluding hydrogens is 1720 g/mol. The van der Waals surface area contributed by atoms with E-state index in [0.717, 1.165) is 280 Å². The molecule has 2 unspecified atom stereocenters. The van der Waals surface area contributed by atoms with Crippen molar-refractivity contribution in [2.75, 3.05) is 116 Å². The molecule has 28 nitrogen and oxygen atoms in total. The maximum Gasteiger partial charge on any atom is 0.454 e. The molecule has 5 atom stereocenters. The number of ether oxygens (including phenoxy) is 4. The fourth-order valence-corrected chi connectivity index (χ4v) is 23.5. The first-order valence-corrected chi connectivity index (χ1v) is 50.1. The number of rotatable bonds is 12. The summed E-state index contributed by atoms with van der Waals surface area (Å²) in [6.45, 7) is 25.3. The second-order valence-electron chi connectivity index (χ2n) is 41.9. The number of carbonyl (C=O) groups excluding carboxylic acids is 2. The van der Waals surface area contributed by atoms with Crippen LogP contribution in [0.1, 0.15) is 313 Å². The summed E-state index contributed by atoms with van der Waals surface area (Å²) in [7, 11) is -1.04. The lowest BCUT2D eigenvalue weighted by Crippen LogP contribution is -2.48. The second kappa shape index (κ2) is 37.7. The number of amidine groups is 1. The van der Waals surface area contributed by atoms with Crippen molar-refractivity contribution in [3.63, 3.8) is 0 Å². The van der Waals surface area contributed by atoms with E-state index in [4.69, 9.17) is 79.8 Å². The number of aromatic nitrogens is 10. The fourth-order valence-electron chi connectivity index (χ4n) is 23.0. The van der Waals surface area contributed by atoms with Crippen molar-refractivity contribution < 1.29 is 38.6 Å². The van der Waals surface area contributed by atoms with Crippen molar-refractivity contribution in [2.24, 2.45) is 27.0 Å². The highest BCUT2D eigenvalue weighted by Gasteiger charge is 2.53. The Labute approximate surface area is 780 Å². The molecule has 696 valence electrons. The van der Waals surface area contributed by atoms with Gasteiger partial charge in [0.25, 0.3) is 0 Å². The fraction of sp³-hybridized carbons (Fsp3) is 0.646. The number of halogens is 2. The third kappa shape index (κ3) is 19.0. The molecule has 6 N–H and O–H groups in total. The number of piperidine rings is 6. The van der Waals surface area contributed by atoms with Crippen molar-refractivity contribution in [3.05, 3.63) is 134 Å². The van der Waals surface area contributed by atoms with Crippen LogP contribution < -0.4 is 40.9 Å². The molecule has 15 aliphatic rings. The molecule has 23 rings (SSSR count). The van der Waals surface area contributed by atoms with E-state index in [1.54, 1.807) is 0 Å². The van der Waals surface area contributed by atoms with Crippen molar-refractivity contribution in [3.8, 4) is 0 Å². The standard InChI is InChI=1S/C36H49N7O3.C33H44BrN7O3.C27H34N6.C3H7BO2.ClH/c1-35(2,3)46-34(44)38-30-26-12-6-5-11-25(26)23-36(30)16-20-42(21-17-36)31-28(24-14-15-24)37-29-32(39-31)43(27-13-7-10-22-45-27)40-33(29)41-18-8-4-9-19-41;1-32(2,3)44-31(42)36-26-23-12-6-5-11-22(23)21-33(26)14-18-40(19-15-33)30-27(34)35-25-28(37-30)41(24-13-7-10-20-43-24)38-29(25)39-16-8-4-9-17-39;28-24-20-7-3-2-6-19(20)16-27(24)10-14-33(15-11-27)26-22(18-8-9-18)31-23-21(30-26)17-29-25(23)32-12-4-1-5-13-32;5-4(6)3-1-2-3;/h5-6,11-12,24,27,30H,4,7-10,13-23H2,1-3H3,(H,38,44);5-6,11-12,24,26H,4,7-10,13-21H2,1-3H3,(H,36,42);2-3,6-7,18,24H,1,4-5,8-17,28H2;3,5-6H,1-2H2;1H/t27?,30-;24?,26-;24-;;/m111../s1. The van der Waals surface area contributed by atoms with E-state index < -0.39 is 18.3 Å². The van der Waals surface area contributed by atoms with Gasteiger partial charge in [-0.25, -0.2) is 48.9 Å². The SMILES string of the molecule is CC(C)(C)OC(=O)N[C@@H]1c2ccccc2CC12CCN(c1nc3c(nc1Br)c(N1CCCCC1)nn3C1CCCCO1)CC2.CC(C)(C)OC(=O)N[C@@H]1c2ccccc2CC12CCN(c1nc3c(nc1C1CC1)c(N1CCCCC1)nn3C1CCCCO1)CC2.Cl.N[C@@H]1c2ccccc2CC12CCN(c1nc3c(nc1C1CC1)C(N1CCCCC1)=NC3)CC2.OB(O)C1CC1. The summed E-state index contributed by atoms with van der Waals surface area (Å²) in [4.78, 5) is 77.4. The smallest absolute Gasteiger partial charge is 0.444 e. The van der Waals surface area contributed by atoms with E-state index in [0.29, 0.717) is 18.4 Å². The molecule has 11 fully saturated rings. The normalized spacial score (nSPS) is 24.3. The molecule has 2 amide bonds. The number of hydrogen-bond donors (Lipinski definition) is 5. The Morgan fingerprint density at radius 2 is 0.862 bits per heavy atom. The van der Waals surface area contributed by atoms with E-state index in [1.807, 2.05) is 46.2 Å². The number of likely N-dealkylation sites (tertiary alicyclic amines) is 1. The monoisotopic (exact) mass is 1860 g/mol. The number of nitrogens with one attached hydrogen (secondary N) is 2. The van der Waals surface area contributed by atoms with Crippen LogP contribution in [-0.2, 0) is 44.8 Å². The van der Waals surface area contributed by atoms with Crippen LogP contribution in [0.2, 0.25) is 5.82 Å². The van der Waals surface area contributed by atoms with Crippen LogP contribution >= 0.6 is 28.3 Å². The number of aliphatic imine (C=N–C) groups is 1. The molecule has 0 bridgehead atoms. The molecule has 8 aromatic rings. The number of nitrogens with two attached hydrogens (primary N) is 1. The molecule has 3 spiro atoms. The molecule has 9 aliphatic heterocycles. The van der Waals surface area contributed by atoms with Gasteiger partial charge in [-0.15, -0.1) is 22.6 Å². The van der Waals surface area contributed by atoms with Gasteiger partial charge in [0.05, 0.1) is 35.7 Å². The van der Waals surface area contributed by atoms with Gasteiger partial charge in [0, 0.05) is 120 Å². The minimum atomic E-state index is -1.04. The Kier molecular flexibility index (Phi) is 26.3. The van der Waals surface area contributed by atoms with Crippen LogP contribution in [0.3, 0.4) is 0 Å². The Bertz CT molecular complexity index is 5400. The Morgan fingerprint density at radius 1 is 0.462 bits per heavy atom. The summed E-state index contributed by atoms with van der Waals surface area (Å²) in [5, 5.41) is 33.4. The van der Waals surface area contributed by atoms with Gasteiger partial charge in [-0.2, -0.15) is 0 Å². The molecule has 130 heavy (non-hydrogen) atoms. The summed E-state index contributed by atoms with van der Waals surface area (Å²) in [5.74, 6) is 7.29. The van der Waals surface area contributed by atoms with Gasteiger partial charge >= 0.3 is 19.3 Å². The highest BCUT2D eigenvalue weighted by atomic mass is 79.9. The number of nitrogens with zero attached hydrogens (tertiary/aromatic N) is 17. The largest absolute Gasteiger partial charge is 0.454 e. The number of fused-ring (bicyclic) bond motifs is 6. The van der Waals surface area contributed by atoms with E-state index in [1.165, 1.54) is 123 Å². The lowest BCUT2D eigenvalue weighted by atomic mass is 9.72. The van der Waals surface area contributed by atoms with Crippen LogP contribution in [0.5, 0.6) is 0 Å². The van der Waals surface area contributed by atoms with E-state index in [-0.39, 0.29) is 77.2 Å². The summed E-state index contributed by atoms with van der Waals surface area (Å²) >= 11 is 3.81. The zero-order valence-electron chi connectivity index (χ0n) is 77.3. The Balaban J connectivity index is 0.000000123. The van der Waals surface area contributed by atoms with Gasteiger partial charge in [-0.05, 0) is 282 Å². The summed E-state index contributed by atoms with van der Waals surface area (Å²) in [6, 6.07) is 25.9. The number of alkyl carbamates (subject to hydrolysis) is 2. The summed E-state index contributed by atoms with van der Waals surface area (Å²) < 4.78 is 28.7. The molecule has 0 radical (unpaired) electrons. The first kappa shape index (κ1) is 90.6. The van der Waals surface area contributed by atoms with Crippen molar-refractivity contribution in [1.82, 2.24) is 65.0 Å². The predicted molar refractivity (Wildman–Crippen MR) is 513 cm³/mol. The van der Waals surface area contributed by atoms with Gasteiger partial charge in [-0.1, -0.05) is 85.6 Å². The highest BCUT2D eigenvalue weighted by Crippen LogP contribution is 2.57. The van der Waals surface area contributed by atoms with Crippen LogP contribution in [0.15, 0.2) is 82.4 Å². The quantitative estimate of drug-likeness (QED) is 0.0710. The zero-order chi connectivity index (χ0) is 88.5.